The van der Waals surface area contributed by atoms with E-state index in [1.807, 2.05) is 19.3 Å². The molecule has 0 bridgehead atoms. The number of hydrogen-bond acceptors (Lipinski definition) is 4. The van der Waals surface area contributed by atoms with E-state index in [4.69, 9.17) is 4.74 Å². The minimum atomic E-state index is -0.100. The number of carbonyl (C=O) groups excluding carboxylic acids is 1. The molecular weight excluding hydrogens is 280 g/mol. The minimum absolute atomic E-state index is 0.0351. The second kappa shape index (κ2) is 8.70. The standard InChI is InChI=1S/C16H26N4O2/c1-13(22-2)11-18-16(21)19-15-5-9-20(10-6-15)12-14-3-7-17-8-4-14/h3-4,7-8,13,15H,5-6,9-12H2,1-2H3,(H2,18,19,21)/t13-/m1/s1. The molecule has 1 aliphatic rings. The van der Waals surface area contributed by atoms with E-state index in [0.717, 1.165) is 32.5 Å². The van der Waals surface area contributed by atoms with Crippen molar-refractivity contribution < 1.29 is 9.53 Å². The van der Waals surface area contributed by atoms with Crippen molar-refractivity contribution in [3.05, 3.63) is 30.1 Å². The lowest BCUT2D eigenvalue weighted by Crippen LogP contribution is -2.48. The van der Waals surface area contributed by atoms with Crippen LogP contribution in [0, 0.1) is 0 Å². The smallest absolute Gasteiger partial charge is 0.315 e. The Bertz CT molecular complexity index is 447. The van der Waals surface area contributed by atoms with Crippen LogP contribution < -0.4 is 10.6 Å². The van der Waals surface area contributed by atoms with Crippen LogP contribution in [0.1, 0.15) is 25.3 Å². The summed E-state index contributed by atoms with van der Waals surface area (Å²) >= 11 is 0. The van der Waals surface area contributed by atoms with E-state index in [-0.39, 0.29) is 18.2 Å². The maximum absolute atomic E-state index is 11.8. The molecule has 0 aromatic carbocycles. The number of nitrogens with zero attached hydrogens (tertiary/aromatic N) is 2. The number of carbonyl (C=O) groups is 1. The number of rotatable bonds is 6. The first-order chi connectivity index (χ1) is 10.7. The molecule has 22 heavy (non-hydrogen) atoms. The molecule has 6 nitrogen and oxygen atoms in total. The molecule has 6 heteroatoms. The highest BCUT2D eigenvalue weighted by Gasteiger charge is 2.20. The number of hydrogen-bond donors (Lipinski definition) is 2. The van der Waals surface area contributed by atoms with Crippen LogP contribution in [-0.4, -0.2) is 54.8 Å². The number of piperidine rings is 1. The monoisotopic (exact) mass is 306 g/mol. The van der Waals surface area contributed by atoms with Crippen LogP contribution >= 0.6 is 0 Å². The minimum Gasteiger partial charge on any atom is -0.380 e. The molecule has 0 saturated carbocycles. The van der Waals surface area contributed by atoms with E-state index < -0.39 is 0 Å². The Labute approximate surface area is 132 Å². The summed E-state index contributed by atoms with van der Waals surface area (Å²) in [5.41, 5.74) is 1.28. The predicted molar refractivity (Wildman–Crippen MR) is 85.5 cm³/mol. The largest absolute Gasteiger partial charge is 0.380 e. The van der Waals surface area contributed by atoms with Gasteiger partial charge in [-0.05, 0) is 37.5 Å². The number of urea groups is 1. The summed E-state index contributed by atoms with van der Waals surface area (Å²) in [6, 6.07) is 4.26. The summed E-state index contributed by atoms with van der Waals surface area (Å²) in [4.78, 5) is 18.3. The summed E-state index contributed by atoms with van der Waals surface area (Å²) in [6.07, 6.45) is 5.66. The summed E-state index contributed by atoms with van der Waals surface area (Å²) < 4.78 is 5.11. The van der Waals surface area contributed by atoms with E-state index in [2.05, 4.69) is 32.7 Å². The second-order valence-corrected chi connectivity index (χ2v) is 5.81. The molecule has 1 aromatic heterocycles. The van der Waals surface area contributed by atoms with Gasteiger partial charge in [0.1, 0.15) is 0 Å². The van der Waals surface area contributed by atoms with Crippen LogP contribution in [0.2, 0.25) is 0 Å². The second-order valence-electron chi connectivity index (χ2n) is 5.81. The van der Waals surface area contributed by atoms with Crippen LogP contribution in [0.5, 0.6) is 0 Å². The molecule has 0 radical (unpaired) electrons. The molecule has 0 spiro atoms. The zero-order valence-electron chi connectivity index (χ0n) is 13.4. The van der Waals surface area contributed by atoms with Gasteiger partial charge in [0.2, 0.25) is 0 Å². The Morgan fingerprint density at radius 1 is 1.41 bits per heavy atom. The van der Waals surface area contributed by atoms with Gasteiger partial charge in [0, 0.05) is 51.7 Å². The summed E-state index contributed by atoms with van der Waals surface area (Å²) in [7, 11) is 1.64. The fourth-order valence-corrected chi connectivity index (χ4v) is 2.54. The normalized spacial score (nSPS) is 17.9. The summed E-state index contributed by atoms with van der Waals surface area (Å²) in [6.45, 7) is 5.41. The Kier molecular flexibility index (Phi) is 6.61. The van der Waals surface area contributed by atoms with Crippen molar-refractivity contribution in [3.63, 3.8) is 0 Å². The third kappa shape index (κ3) is 5.61. The van der Waals surface area contributed by atoms with Crippen molar-refractivity contribution in [1.29, 1.82) is 0 Å². The van der Waals surface area contributed by atoms with Crippen molar-refractivity contribution in [3.8, 4) is 0 Å². The summed E-state index contributed by atoms with van der Waals surface area (Å²) in [5, 5.41) is 5.88. The highest BCUT2D eigenvalue weighted by molar-refractivity contribution is 5.74. The van der Waals surface area contributed by atoms with Gasteiger partial charge in [-0.1, -0.05) is 0 Å². The van der Waals surface area contributed by atoms with Crippen LogP contribution in [0.15, 0.2) is 24.5 Å². The maximum Gasteiger partial charge on any atom is 0.315 e. The third-order valence-corrected chi connectivity index (χ3v) is 4.03. The Hall–Kier alpha value is -1.66. The quantitative estimate of drug-likeness (QED) is 0.833. The average Bonchev–Trinajstić information content (AvgIpc) is 2.55. The Morgan fingerprint density at radius 3 is 2.73 bits per heavy atom. The fourth-order valence-electron chi connectivity index (χ4n) is 2.54. The third-order valence-electron chi connectivity index (χ3n) is 4.03. The Morgan fingerprint density at radius 2 is 2.09 bits per heavy atom. The molecule has 1 atom stereocenters. The first-order valence-electron chi connectivity index (χ1n) is 7.86. The number of amides is 2. The van der Waals surface area contributed by atoms with Crippen LogP contribution in [0.25, 0.3) is 0 Å². The van der Waals surface area contributed by atoms with Crippen molar-refractivity contribution >= 4 is 6.03 Å². The topological polar surface area (TPSA) is 66.5 Å². The lowest BCUT2D eigenvalue weighted by atomic mass is 10.0. The molecule has 0 aliphatic carbocycles. The number of methoxy groups -OCH3 is 1. The fraction of sp³-hybridized carbons (Fsp3) is 0.625. The van der Waals surface area contributed by atoms with Crippen molar-refractivity contribution in [2.75, 3.05) is 26.7 Å². The molecule has 122 valence electrons. The van der Waals surface area contributed by atoms with E-state index in [1.165, 1.54) is 5.56 Å². The summed E-state index contributed by atoms with van der Waals surface area (Å²) in [5.74, 6) is 0. The molecule has 1 aromatic rings. The number of aromatic nitrogens is 1. The van der Waals surface area contributed by atoms with Gasteiger partial charge in [-0.3, -0.25) is 9.88 Å². The van der Waals surface area contributed by atoms with Crippen molar-refractivity contribution in [2.45, 2.75) is 38.5 Å². The highest BCUT2D eigenvalue weighted by atomic mass is 16.5. The van der Waals surface area contributed by atoms with Gasteiger partial charge in [-0.2, -0.15) is 0 Å². The van der Waals surface area contributed by atoms with Crippen LogP contribution in [-0.2, 0) is 11.3 Å². The van der Waals surface area contributed by atoms with Gasteiger partial charge in [0.15, 0.2) is 0 Å². The molecule has 0 unspecified atom stereocenters. The number of ether oxygens (including phenoxy) is 1. The first-order valence-corrected chi connectivity index (χ1v) is 7.86. The number of pyridine rings is 1. The van der Waals surface area contributed by atoms with E-state index in [9.17, 15) is 4.79 Å². The molecule has 2 N–H and O–H groups in total. The predicted octanol–water partition coefficient (Wildman–Crippen LogP) is 1.38. The highest BCUT2D eigenvalue weighted by Crippen LogP contribution is 2.13. The van der Waals surface area contributed by atoms with Crippen molar-refractivity contribution in [2.24, 2.45) is 0 Å². The lowest BCUT2D eigenvalue weighted by Gasteiger charge is -2.32. The molecule has 1 aliphatic heterocycles. The van der Waals surface area contributed by atoms with Gasteiger partial charge < -0.3 is 15.4 Å². The van der Waals surface area contributed by atoms with Crippen LogP contribution in [0.4, 0.5) is 4.79 Å². The molecule has 2 heterocycles. The van der Waals surface area contributed by atoms with Crippen LogP contribution in [0.3, 0.4) is 0 Å². The molecular formula is C16H26N4O2. The molecule has 1 saturated heterocycles. The number of nitrogens with one attached hydrogen (secondary N) is 2. The van der Waals surface area contributed by atoms with E-state index in [1.54, 1.807) is 7.11 Å². The van der Waals surface area contributed by atoms with Gasteiger partial charge in [-0.15, -0.1) is 0 Å². The first kappa shape index (κ1) is 16.7. The number of likely N-dealkylation sites (tertiary alicyclic amines) is 1. The lowest BCUT2D eigenvalue weighted by molar-refractivity contribution is 0.118. The van der Waals surface area contributed by atoms with E-state index in [0.29, 0.717) is 6.54 Å². The maximum atomic E-state index is 11.8. The van der Waals surface area contributed by atoms with Gasteiger partial charge in [-0.25, -0.2) is 4.79 Å². The Balaban J connectivity index is 1.65. The molecule has 2 amide bonds. The molecule has 1 fully saturated rings. The van der Waals surface area contributed by atoms with Gasteiger partial charge in [0.05, 0.1) is 6.10 Å². The zero-order chi connectivity index (χ0) is 15.8. The zero-order valence-corrected chi connectivity index (χ0v) is 13.4. The van der Waals surface area contributed by atoms with E-state index >= 15 is 0 Å². The molecule has 2 rings (SSSR count). The average molecular weight is 306 g/mol. The van der Waals surface area contributed by atoms with Gasteiger partial charge >= 0.3 is 6.03 Å². The van der Waals surface area contributed by atoms with Gasteiger partial charge in [0.25, 0.3) is 0 Å². The SMILES string of the molecule is CO[C@H](C)CNC(=O)NC1CCN(Cc2ccncc2)CC1. The van der Waals surface area contributed by atoms with Crippen molar-refractivity contribution in [1.82, 2.24) is 20.5 Å².